The van der Waals surface area contributed by atoms with Gasteiger partial charge in [-0.25, -0.2) is 9.18 Å². The highest BCUT2D eigenvalue weighted by atomic mass is 19.1. The summed E-state index contributed by atoms with van der Waals surface area (Å²) in [7, 11) is 0. The highest BCUT2D eigenvalue weighted by molar-refractivity contribution is 5.91. The van der Waals surface area contributed by atoms with E-state index in [4.69, 9.17) is 4.74 Å². The molecule has 210 valence electrons. The maximum absolute atomic E-state index is 15.0. The molecular formula is C39H35FO2. The van der Waals surface area contributed by atoms with E-state index >= 15 is 4.39 Å². The van der Waals surface area contributed by atoms with Gasteiger partial charge < -0.3 is 4.74 Å². The molecule has 0 amide bonds. The van der Waals surface area contributed by atoms with E-state index < -0.39 is 5.97 Å². The molecule has 0 radical (unpaired) electrons. The number of rotatable bonds is 10. The summed E-state index contributed by atoms with van der Waals surface area (Å²) in [5.74, 6) is 0.264. The van der Waals surface area contributed by atoms with Gasteiger partial charge in [0.25, 0.3) is 0 Å². The molecule has 42 heavy (non-hydrogen) atoms. The third kappa shape index (κ3) is 7.50. The first kappa shape index (κ1) is 28.8. The molecule has 1 atom stereocenters. The van der Waals surface area contributed by atoms with Crippen molar-refractivity contribution in [1.29, 1.82) is 0 Å². The van der Waals surface area contributed by atoms with Crippen molar-refractivity contribution in [3.63, 3.8) is 0 Å². The first-order valence-electron chi connectivity index (χ1n) is 14.5. The average molecular weight is 555 g/mol. The van der Waals surface area contributed by atoms with Crippen molar-refractivity contribution in [2.45, 2.75) is 39.0 Å². The van der Waals surface area contributed by atoms with Gasteiger partial charge in [-0.3, -0.25) is 0 Å². The van der Waals surface area contributed by atoms with Crippen molar-refractivity contribution in [2.24, 2.45) is 0 Å². The van der Waals surface area contributed by atoms with Crippen LogP contribution in [0.15, 0.2) is 121 Å². The summed E-state index contributed by atoms with van der Waals surface area (Å²) in [6.45, 7) is 4.37. The van der Waals surface area contributed by atoms with Crippen LogP contribution in [0.5, 0.6) is 5.75 Å². The standard InChI is InChI=1S/C39H35FO2/c1-3-7-29-15-24-37(25-16-29)42-39(41)35-20-11-30(12-21-35)10-19-34-22-23-36(27-38(34)40)33-17-13-31(14-18-33)26-28(2)32-8-5-4-6-9-32/h4-6,8-25,27-28H,3,7,26H2,1-2H3/t28-/m1/s1. The monoisotopic (exact) mass is 554 g/mol. The lowest BCUT2D eigenvalue weighted by atomic mass is 9.93. The molecule has 5 rings (SSSR count). The van der Waals surface area contributed by atoms with Crippen LogP contribution in [0.1, 0.15) is 64.4 Å². The van der Waals surface area contributed by atoms with Crippen LogP contribution in [0, 0.1) is 5.82 Å². The minimum absolute atomic E-state index is 0.282. The average Bonchev–Trinajstić information content (AvgIpc) is 3.02. The molecule has 0 aliphatic carbocycles. The second kappa shape index (κ2) is 13.7. The fourth-order valence-corrected chi connectivity index (χ4v) is 5.02. The Morgan fingerprint density at radius 2 is 1.43 bits per heavy atom. The van der Waals surface area contributed by atoms with Gasteiger partial charge in [0.2, 0.25) is 0 Å². The van der Waals surface area contributed by atoms with Gasteiger partial charge in [0, 0.05) is 5.56 Å². The SMILES string of the molecule is CCCc1ccc(OC(=O)c2ccc(C=Cc3ccc(-c4ccc(C[C@@H](C)c5ccccc5)cc4)cc3F)cc2)cc1. The molecule has 0 bridgehead atoms. The zero-order valence-electron chi connectivity index (χ0n) is 24.1. The zero-order chi connectivity index (χ0) is 29.3. The Kier molecular flexibility index (Phi) is 9.41. The smallest absolute Gasteiger partial charge is 0.343 e. The first-order valence-corrected chi connectivity index (χ1v) is 14.5. The van der Waals surface area contributed by atoms with Crippen LogP contribution >= 0.6 is 0 Å². The molecular weight excluding hydrogens is 519 g/mol. The van der Waals surface area contributed by atoms with E-state index in [2.05, 4.69) is 62.4 Å². The van der Waals surface area contributed by atoms with Crippen molar-refractivity contribution >= 4 is 18.1 Å². The van der Waals surface area contributed by atoms with Crippen LogP contribution in [0.2, 0.25) is 0 Å². The maximum atomic E-state index is 15.0. The van der Waals surface area contributed by atoms with E-state index in [1.807, 2.05) is 54.6 Å². The Labute approximate surface area is 248 Å². The van der Waals surface area contributed by atoms with Crippen LogP contribution in [0.4, 0.5) is 4.39 Å². The summed E-state index contributed by atoms with van der Waals surface area (Å²) >= 11 is 0. The molecule has 0 aromatic heterocycles. The Balaban J connectivity index is 1.18. The molecule has 0 unspecified atom stereocenters. The summed E-state index contributed by atoms with van der Waals surface area (Å²) in [6, 6.07) is 38.9. The van der Waals surface area contributed by atoms with Crippen LogP contribution in [0.3, 0.4) is 0 Å². The number of carbonyl (C=O) groups is 1. The van der Waals surface area contributed by atoms with Crippen LogP contribution in [-0.4, -0.2) is 5.97 Å². The zero-order valence-corrected chi connectivity index (χ0v) is 24.1. The van der Waals surface area contributed by atoms with Gasteiger partial charge in [-0.05, 0) is 82.5 Å². The Morgan fingerprint density at radius 1 is 0.762 bits per heavy atom. The second-order valence-electron chi connectivity index (χ2n) is 10.7. The highest BCUT2D eigenvalue weighted by Gasteiger charge is 2.10. The van der Waals surface area contributed by atoms with Gasteiger partial charge in [0.1, 0.15) is 11.6 Å². The quantitative estimate of drug-likeness (QED) is 0.0975. The topological polar surface area (TPSA) is 26.3 Å². The number of halogens is 1. The van der Waals surface area contributed by atoms with Crippen LogP contribution in [-0.2, 0) is 12.8 Å². The molecule has 0 saturated heterocycles. The molecule has 3 heteroatoms. The Hall–Kier alpha value is -4.76. The third-order valence-electron chi connectivity index (χ3n) is 7.47. The van der Waals surface area contributed by atoms with Crippen LogP contribution in [0.25, 0.3) is 23.3 Å². The van der Waals surface area contributed by atoms with Gasteiger partial charge in [0.15, 0.2) is 0 Å². The molecule has 0 aliphatic rings. The summed E-state index contributed by atoms with van der Waals surface area (Å²) in [4.78, 5) is 12.5. The summed E-state index contributed by atoms with van der Waals surface area (Å²) in [5.41, 5.74) is 7.46. The number of hydrogen-bond donors (Lipinski definition) is 0. The van der Waals surface area contributed by atoms with E-state index in [1.165, 1.54) is 16.7 Å². The number of esters is 1. The second-order valence-corrected chi connectivity index (χ2v) is 10.7. The molecule has 0 N–H and O–H groups in total. The van der Waals surface area contributed by atoms with Crippen LogP contribution < -0.4 is 4.74 Å². The lowest BCUT2D eigenvalue weighted by molar-refractivity contribution is 0.0734. The predicted molar refractivity (Wildman–Crippen MR) is 171 cm³/mol. The van der Waals surface area contributed by atoms with Crippen molar-refractivity contribution in [3.8, 4) is 16.9 Å². The van der Waals surface area contributed by atoms with Crippen molar-refractivity contribution < 1.29 is 13.9 Å². The van der Waals surface area contributed by atoms with Gasteiger partial charge in [0.05, 0.1) is 5.56 Å². The third-order valence-corrected chi connectivity index (χ3v) is 7.47. The molecule has 5 aromatic carbocycles. The molecule has 0 fully saturated rings. The van der Waals surface area contributed by atoms with Crippen molar-refractivity contribution in [1.82, 2.24) is 0 Å². The van der Waals surface area contributed by atoms with Crippen molar-refractivity contribution in [2.75, 3.05) is 0 Å². The molecule has 0 spiro atoms. The van der Waals surface area contributed by atoms with E-state index in [1.54, 1.807) is 30.3 Å². The molecule has 0 saturated carbocycles. The number of carbonyl (C=O) groups excluding carboxylic acids is 1. The van der Waals surface area contributed by atoms with Gasteiger partial charge in [-0.1, -0.05) is 123 Å². The number of benzene rings is 5. The molecule has 5 aromatic rings. The summed E-state index contributed by atoms with van der Waals surface area (Å²) < 4.78 is 20.5. The predicted octanol–water partition coefficient (Wildman–Crippen LogP) is 10.2. The highest BCUT2D eigenvalue weighted by Crippen LogP contribution is 2.26. The Bertz CT molecular complexity index is 1630. The van der Waals surface area contributed by atoms with Crippen molar-refractivity contribution in [3.05, 3.63) is 161 Å². The van der Waals surface area contributed by atoms with E-state index in [9.17, 15) is 4.79 Å². The molecule has 0 heterocycles. The lowest BCUT2D eigenvalue weighted by Gasteiger charge is -2.12. The first-order chi connectivity index (χ1) is 20.5. The van der Waals surface area contributed by atoms with E-state index in [0.29, 0.717) is 22.8 Å². The lowest BCUT2D eigenvalue weighted by Crippen LogP contribution is -2.08. The minimum atomic E-state index is -0.408. The molecule has 0 aliphatic heterocycles. The summed E-state index contributed by atoms with van der Waals surface area (Å²) in [6.07, 6.45) is 6.61. The molecule has 2 nitrogen and oxygen atoms in total. The normalized spacial score (nSPS) is 11.9. The largest absolute Gasteiger partial charge is 0.423 e. The van der Waals surface area contributed by atoms with Gasteiger partial charge >= 0.3 is 5.97 Å². The Morgan fingerprint density at radius 3 is 2.10 bits per heavy atom. The van der Waals surface area contributed by atoms with Gasteiger partial charge in [-0.15, -0.1) is 0 Å². The van der Waals surface area contributed by atoms with Gasteiger partial charge in [-0.2, -0.15) is 0 Å². The number of aryl methyl sites for hydroxylation is 1. The number of ether oxygens (including phenoxy) is 1. The van der Waals surface area contributed by atoms with E-state index in [-0.39, 0.29) is 5.82 Å². The number of hydrogen-bond acceptors (Lipinski definition) is 2. The fourth-order valence-electron chi connectivity index (χ4n) is 5.02. The minimum Gasteiger partial charge on any atom is -0.423 e. The maximum Gasteiger partial charge on any atom is 0.343 e. The van der Waals surface area contributed by atoms with E-state index in [0.717, 1.165) is 36.0 Å². The summed E-state index contributed by atoms with van der Waals surface area (Å²) in [5, 5.41) is 0. The fraction of sp³-hybridized carbons (Fsp3) is 0.154.